The first-order valence-corrected chi connectivity index (χ1v) is 8.54. The quantitative estimate of drug-likeness (QED) is 0.704. The average Bonchev–Trinajstić information content (AvgIpc) is 2.46. The molecule has 1 unspecified atom stereocenters. The Labute approximate surface area is 134 Å². The highest BCUT2D eigenvalue weighted by atomic mass is 16.5. The van der Waals surface area contributed by atoms with Crippen LogP contribution < -0.4 is 0 Å². The number of carbonyl (C=O) groups is 1. The summed E-state index contributed by atoms with van der Waals surface area (Å²) in [5, 5.41) is 0. The van der Waals surface area contributed by atoms with E-state index in [4.69, 9.17) is 14.2 Å². The van der Waals surface area contributed by atoms with E-state index in [1.54, 1.807) is 0 Å². The fourth-order valence-electron chi connectivity index (χ4n) is 3.33. The third-order valence-electron chi connectivity index (χ3n) is 4.65. The smallest absolute Gasteiger partial charge is 0.306 e. The Morgan fingerprint density at radius 3 is 2.86 bits per heavy atom. The molecule has 0 aromatic carbocycles. The molecule has 5 nitrogen and oxygen atoms in total. The number of rotatable bonds is 6. The van der Waals surface area contributed by atoms with Crippen molar-refractivity contribution in [1.82, 2.24) is 4.90 Å². The highest BCUT2D eigenvalue weighted by Crippen LogP contribution is 2.30. The lowest BCUT2D eigenvalue weighted by Gasteiger charge is -2.45. The molecule has 0 amide bonds. The second-order valence-electron chi connectivity index (χ2n) is 7.36. The maximum Gasteiger partial charge on any atom is 0.306 e. The number of hydrogen-bond acceptors (Lipinski definition) is 5. The standard InChI is InChI=1S/C17H31NO4/c1-4-21-15(19)12-16(2,3)7-8-18-9-11-22-17(13-18)6-5-10-20-14-17/h4-14H2,1-3H3. The molecule has 1 spiro atoms. The first kappa shape index (κ1) is 17.7. The van der Waals surface area contributed by atoms with Crippen molar-refractivity contribution in [1.29, 1.82) is 0 Å². The van der Waals surface area contributed by atoms with E-state index in [1.807, 2.05) is 6.92 Å². The van der Waals surface area contributed by atoms with Crippen LogP contribution in [0.15, 0.2) is 0 Å². The maximum atomic E-state index is 11.7. The van der Waals surface area contributed by atoms with E-state index in [0.717, 1.165) is 58.7 Å². The fourth-order valence-corrected chi connectivity index (χ4v) is 3.33. The minimum atomic E-state index is -0.0955. The Bertz CT molecular complexity index is 358. The lowest BCUT2D eigenvalue weighted by molar-refractivity contribution is -0.168. The third-order valence-corrected chi connectivity index (χ3v) is 4.65. The summed E-state index contributed by atoms with van der Waals surface area (Å²) >= 11 is 0. The zero-order chi connectivity index (χ0) is 16.1. The van der Waals surface area contributed by atoms with Gasteiger partial charge in [0.2, 0.25) is 0 Å². The van der Waals surface area contributed by atoms with Crippen LogP contribution in [0.25, 0.3) is 0 Å². The molecule has 0 radical (unpaired) electrons. The van der Waals surface area contributed by atoms with Crippen LogP contribution in [0.5, 0.6) is 0 Å². The minimum absolute atomic E-state index is 0.0270. The SMILES string of the molecule is CCOC(=O)CC(C)(C)CCN1CCOC2(CCCOC2)C1. The highest BCUT2D eigenvalue weighted by molar-refractivity contribution is 5.70. The van der Waals surface area contributed by atoms with Gasteiger partial charge in [-0.25, -0.2) is 0 Å². The van der Waals surface area contributed by atoms with Gasteiger partial charge in [0.1, 0.15) is 5.60 Å². The highest BCUT2D eigenvalue weighted by Gasteiger charge is 2.38. The molecule has 2 fully saturated rings. The summed E-state index contributed by atoms with van der Waals surface area (Å²) in [5.41, 5.74) is -0.122. The van der Waals surface area contributed by atoms with Gasteiger partial charge in [-0.15, -0.1) is 0 Å². The molecule has 22 heavy (non-hydrogen) atoms. The minimum Gasteiger partial charge on any atom is -0.466 e. The Balaban J connectivity index is 1.79. The molecule has 0 bridgehead atoms. The summed E-state index contributed by atoms with van der Waals surface area (Å²) in [6.45, 7) is 11.9. The summed E-state index contributed by atoms with van der Waals surface area (Å²) < 4.78 is 16.7. The normalized spacial score (nSPS) is 27.0. The second kappa shape index (κ2) is 7.75. The van der Waals surface area contributed by atoms with Crippen LogP contribution in [-0.2, 0) is 19.0 Å². The summed E-state index contributed by atoms with van der Waals surface area (Å²) in [7, 11) is 0. The van der Waals surface area contributed by atoms with Gasteiger partial charge in [-0.2, -0.15) is 0 Å². The van der Waals surface area contributed by atoms with Crippen LogP contribution in [0.1, 0.15) is 46.5 Å². The van der Waals surface area contributed by atoms with Crippen molar-refractivity contribution in [3.63, 3.8) is 0 Å². The van der Waals surface area contributed by atoms with Gasteiger partial charge in [0.25, 0.3) is 0 Å². The Morgan fingerprint density at radius 2 is 2.18 bits per heavy atom. The number of esters is 1. The molecule has 0 saturated carbocycles. The lowest BCUT2D eigenvalue weighted by Crippen LogP contribution is -2.56. The van der Waals surface area contributed by atoms with E-state index in [2.05, 4.69) is 18.7 Å². The first-order valence-electron chi connectivity index (χ1n) is 8.54. The zero-order valence-electron chi connectivity index (χ0n) is 14.4. The zero-order valence-corrected chi connectivity index (χ0v) is 14.4. The molecule has 1 atom stereocenters. The number of nitrogens with zero attached hydrogens (tertiary/aromatic N) is 1. The maximum absolute atomic E-state index is 11.7. The molecule has 2 saturated heterocycles. The van der Waals surface area contributed by atoms with Crippen molar-refractivity contribution in [2.45, 2.75) is 52.1 Å². The topological polar surface area (TPSA) is 48.0 Å². The van der Waals surface area contributed by atoms with Crippen molar-refractivity contribution in [2.24, 2.45) is 5.41 Å². The van der Waals surface area contributed by atoms with Crippen molar-refractivity contribution in [2.75, 3.05) is 46.1 Å². The number of hydrogen-bond donors (Lipinski definition) is 0. The molecule has 2 rings (SSSR count). The molecule has 0 aliphatic carbocycles. The summed E-state index contributed by atoms with van der Waals surface area (Å²) in [5.74, 6) is -0.0911. The van der Waals surface area contributed by atoms with Gasteiger partial charge in [0, 0.05) is 19.7 Å². The van der Waals surface area contributed by atoms with E-state index in [0.29, 0.717) is 13.0 Å². The van der Waals surface area contributed by atoms with E-state index >= 15 is 0 Å². The molecule has 0 aromatic rings. The summed E-state index contributed by atoms with van der Waals surface area (Å²) in [6.07, 6.45) is 3.65. The summed E-state index contributed by atoms with van der Waals surface area (Å²) in [6, 6.07) is 0. The largest absolute Gasteiger partial charge is 0.466 e. The fraction of sp³-hybridized carbons (Fsp3) is 0.941. The molecule has 0 aromatic heterocycles. The number of ether oxygens (including phenoxy) is 3. The number of carbonyl (C=O) groups excluding carboxylic acids is 1. The van der Waals surface area contributed by atoms with Crippen molar-refractivity contribution in [3.05, 3.63) is 0 Å². The van der Waals surface area contributed by atoms with Gasteiger partial charge in [-0.05, 0) is 38.1 Å². The molecule has 5 heteroatoms. The Hall–Kier alpha value is -0.650. The van der Waals surface area contributed by atoms with Crippen LogP contribution in [-0.4, -0.2) is 62.5 Å². The van der Waals surface area contributed by atoms with Crippen LogP contribution in [0.4, 0.5) is 0 Å². The molecule has 2 heterocycles. The van der Waals surface area contributed by atoms with Gasteiger partial charge < -0.3 is 14.2 Å². The molecule has 2 aliphatic rings. The van der Waals surface area contributed by atoms with Crippen molar-refractivity contribution >= 4 is 5.97 Å². The molecule has 0 N–H and O–H groups in total. The van der Waals surface area contributed by atoms with Gasteiger partial charge in [-0.1, -0.05) is 13.8 Å². The van der Waals surface area contributed by atoms with Crippen LogP contribution in [0, 0.1) is 5.41 Å². The van der Waals surface area contributed by atoms with Crippen LogP contribution >= 0.6 is 0 Å². The van der Waals surface area contributed by atoms with Gasteiger partial charge in [0.05, 0.1) is 26.2 Å². The third kappa shape index (κ3) is 5.21. The monoisotopic (exact) mass is 313 g/mol. The van der Waals surface area contributed by atoms with Gasteiger partial charge in [0.15, 0.2) is 0 Å². The predicted octanol–water partition coefficient (Wildman–Crippen LogP) is 2.24. The van der Waals surface area contributed by atoms with E-state index in [1.165, 1.54) is 0 Å². The molecular weight excluding hydrogens is 282 g/mol. The van der Waals surface area contributed by atoms with Crippen molar-refractivity contribution in [3.8, 4) is 0 Å². The second-order valence-corrected chi connectivity index (χ2v) is 7.36. The van der Waals surface area contributed by atoms with Gasteiger partial charge >= 0.3 is 5.97 Å². The van der Waals surface area contributed by atoms with Gasteiger partial charge in [-0.3, -0.25) is 9.69 Å². The van der Waals surface area contributed by atoms with E-state index in [9.17, 15) is 4.79 Å². The average molecular weight is 313 g/mol. The van der Waals surface area contributed by atoms with Crippen LogP contribution in [0.2, 0.25) is 0 Å². The Morgan fingerprint density at radius 1 is 1.36 bits per heavy atom. The van der Waals surface area contributed by atoms with Crippen molar-refractivity contribution < 1.29 is 19.0 Å². The van der Waals surface area contributed by atoms with Crippen LogP contribution in [0.3, 0.4) is 0 Å². The van der Waals surface area contributed by atoms with E-state index < -0.39 is 0 Å². The molecule has 128 valence electrons. The first-order chi connectivity index (χ1) is 10.4. The number of morpholine rings is 1. The van der Waals surface area contributed by atoms with E-state index in [-0.39, 0.29) is 17.0 Å². The predicted molar refractivity (Wildman–Crippen MR) is 84.8 cm³/mol. The Kier molecular flexibility index (Phi) is 6.24. The molecular formula is C17H31NO4. The summed E-state index contributed by atoms with van der Waals surface area (Å²) in [4.78, 5) is 14.1. The molecule has 2 aliphatic heterocycles. The lowest BCUT2D eigenvalue weighted by atomic mass is 9.85.